The van der Waals surface area contributed by atoms with Gasteiger partial charge in [-0.05, 0) is 105 Å². The summed E-state index contributed by atoms with van der Waals surface area (Å²) in [5, 5.41) is 13.1. The molecule has 2 aromatic carbocycles. The molecular formula is C47H56F6N12O4. The normalized spacial score (nSPS) is 19.2. The molecule has 4 heterocycles. The SMILES string of the molecule is CCc1cnc(N2CCC(ON=C3CCC(c4ccc(NC(N)=O)c(F)c4)CC3)CC2)nc1.NC(=O)Nc1cc(F)c(C2CCC(=NOC3CCN(c4ncc(C(F)(F)F)cn4)CC3)CC2)cc1F. The number of nitrogens with two attached hydrogens (primary N) is 2. The van der Waals surface area contributed by atoms with Crippen molar-refractivity contribution in [2.45, 2.75) is 121 Å². The van der Waals surface area contributed by atoms with Gasteiger partial charge in [-0.2, -0.15) is 13.2 Å². The van der Waals surface area contributed by atoms with Gasteiger partial charge in [0.15, 0.2) is 0 Å². The van der Waals surface area contributed by atoms with Crippen molar-refractivity contribution < 1.29 is 45.6 Å². The molecule has 22 heteroatoms. The standard InChI is InChI=1S/C24H31FN6O2.C23H25F5N6O2/c1-2-16-14-27-24(28-15-16)31-11-9-20(10-12-31)33-30-19-6-3-17(4-7-19)18-5-8-22(21(25)13-18)29-23(26)32;24-18-10-20(32-21(29)35)19(25)9-17(18)13-1-3-15(4-2-13)33-36-16-5-7-34(8-6-16)22-30-11-14(12-31-22)23(26,27)28/h5,8,13-15,17,20H,2-4,6-7,9-12H2,1H3,(H3,26,29,32);9-13,16H,1-8H2,(H3,29,32,35). The smallest absolute Gasteiger partial charge is 0.392 e. The van der Waals surface area contributed by atoms with E-state index in [0.717, 1.165) is 111 Å². The van der Waals surface area contributed by atoms with E-state index in [-0.39, 0.29) is 46.9 Å². The average molecular weight is 967 g/mol. The lowest BCUT2D eigenvalue weighted by Crippen LogP contribution is -2.37. The number of amides is 4. The van der Waals surface area contributed by atoms with Gasteiger partial charge >= 0.3 is 18.2 Å². The van der Waals surface area contributed by atoms with Crippen LogP contribution in [0.4, 0.5) is 59.2 Å². The number of alkyl halides is 3. The number of carbonyl (C=O) groups is 2. The van der Waals surface area contributed by atoms with E-state index in [1.54, 1.807) is 11.0 Å². The zero-order valence-electron chi connectivity index (χ0n) is 38.2. The highest BCUT2D eigenvalue weighted by Crippen LogP contribution is 2.36. The number of halogens is 6. The molecule has 2 aromatic heterocycles. The second-order valence-corrected chi connectivity index (χ2v) is 17.5. The van der Waals surface area contributed by atoms with E-state index in [0.29, 0.717) is 51.6 Å². The first-order chi connectivity index (χ1) is 33.1. The molecule has 0 spiro atoms. The lowest BCUT2D eigenvalue weighted by molar-refractivity contribution is -0.138. The van der Waals surface area contributed by atoms with Crippen molar-refractivity contribution in [1.82, 2.24) is 19.9 Å². The zero-order chi connectivity index (χ0) is 49.1. The molecule has 4 amide bonds. The molecule has 4 aliphatic rings. The molecule has 16 nitrogen and oxygen atoms in total. The van der Waals surface area contributed by atoms with E-state index in [1.165, 1.54) is 6.07 Å². The fourth-order valence-electron chi connectivity index (χ4n) is 8.80. The second kappa shape index (κ2) is 23.0. The number of nitrogens with zero attached hydrogens (tertiary/aromatic N) is 8. The molecule has 4 fully saturated rings. The van der Waals surface area contributed by atoms with Gasteiger partial charge in [-0.3, -0.25) is 0 Å². The minimum atomic E-state index is -4.48. The number of primary amides is 2. The van der Waals surface area contributed by atoms with E-state index in [1.807, 2.05) is 18.5 Å². The van der Waals surface area contributed by atoms with Gasteiger partial charge in [0.25, 0.3) is 0 Å². The number of hydrogen-bond donors (Lipinski definition) is 4. The number of nitrogens with one attached hydrogen (secondary N) is 2. The zero-order valence-corrected chi connectivity index (χ0v) is 38.2. The van der Waals surface area contributed by atoms with E-state index < -0.39 is 41.3 Å². The van der Waals surface area contributed by atoms with Gasteiger partial charge in [0.2, 0.25) is 11.9 Å². The van der Waals surface area contributed by atoms with Crippen molar-refractivity contribution in [1.29, 1.82) is 0 Å². The first kappa shape index (κ1) is 50.1. The predicted octanol–water partition coefficient (Wildman–Crippen LogP) is 9.33. The summed E-state index contributed by atoms with van der Waals surface area (Å²) in [4.78, 5) is 54.0. The molecule has 0 bridgehead atoms. The number of hydrogen-bond acceptors (Lipinski definition) is 12. The number of benzene rings is 2. The van der Waals surface area contributed by atoms with E-state index in [9.17, 15) is 35.9 Å². The van der Waals surface area contributed by atoms with E-state index >= 15 is 0 Å². The fraction of sp³-hybridized carbons (Fsp3) is 0.489. The summed E-state index contributed by atoms with van der Waals surface area (Å²) in [5.41, 5.74) is 13.2. The van der Waals surface area contributed by atoms with E-state index in [4.69, 9.17) is 21.1 Å². The van der Waals surface area contributed by atoms with Crippen molar-refractivity contribution in [3.05, 3.63) is 94.8 Å². The Labute approximate surface area is 395 Å². The van der Waals surface area contributed by atoms with Crippen LogP contribution < -0.4 is 31.9 Å². The summed E-state index contributed by atoms with van der Waals surface area (Å²) in [6.07, 6.45) is 10.6. The number of anilines is 4. The lowest BCUT2D eigenvalue weighted by Gasteiger charge is -2.31. The number of oxime groups is 2. The Morgan fingerprint density at radius 3 is 1.58 bits per heavy atom. The molecule has 69 heavy (non-hydrogen) atoms. The first-order valence-corrected chi connectivity index (χ1v) is 23.2. The highest BCUT2D eigenvalue weighted by Gasteiger charge is 2.32. The van der Waals surface area contributed by atoms with Gasteiger partial charge in [-0.1, -0.05) is 23.3 Å². The van der Waals surface area contributed by atoms with Gasteiger partial charge < -0.3 is 41.6 Å². The van der Waals surface area contributed by atoms with Gasteiger partial charge in [-0.25, -0.2) is 42.7 Å². The molecule has 8 rings (SSSR count). The predicted molar refractivity (Wildman–Crippen MR) is 248 cm³/mol. The van der Waals surface area contributed by atoms with Gasteiger partial charge in [-0.15, -0.1) is 0 Å². The Bertz CT molecular complexity index is 2430. The van der Waals surface area contributed by atoms with Gasteiger partial charge in [0, 0.05) is 82.7 Å². The Hall–Kier alpha value is -6.74. The van der Waals surface area contributed by atoms with Crippen LogP contribution in [0, 0.1) is 17.5 Å². The summed E-state index contributed by atoms with van der Waals surface area (Å²) in [6.45, 7) is 4.85. The molecule has 370 valence electrons. The molecule has 0 atom stereocenters. The maximum absolute atomic E-state index is 14.5. The Balaban J connectivity index is 0.000000205. The van der Waals surface area contributed by atoms with Crippen LogP contribution in [0.25, 0.3) is 0 Å². The molecule has 2 saturated carbocycles. The van der Waals surface area contributed by atoms with Crippen LogP contribution in [0.15, 0.2) is 65.4 Å². The van der Waals surface area contributed by atoms with Crippen molar-refractivity contribution >= 4 is 46.8 Å². The molecular weight excluding hydrogens is 911 g/mol. The minimum Gasteiger partial charge on any atom is -0.392 e. The Kier molecular flexibility index (Phi) is 16.7. The number of carbonyl (C=O) groups excluding carboxylic acids is 2. The molecule has 2 aliphatic heterocycles. The highest BCUT2D eigenvalue weighted by molar-refractivity contribution is 5.89. The monoisotopic (exact) mass is 966 g/mol. The lowest BCUT2D eigenvalue weighted by atomic mass is 9.83. The average Bonchev–Trinajstić information content (AvgIpc) is 3.35. The van der Waals surface area contributed by atoms with Crippen molar-refractivity contribution in [3.63, 3.8) is 0 Å². The van der Waals surface area contributed by atoms with Crippen LogP contribution in [0.2, 0.25) is 0 Å². The third kappa shape index (κ3) is 13.9. The molecule has 0 unspecified atom stereocenters. The molecule has 2 aliphatic carbocycles. The maximum Gasteiger partial charge on any atom is 0.419 e. The maximum atomic E-state index is 14.5. The Morgan fingerprint density at radius 1 is 0.652 bits per heavy atom. The van der Waals surface area contributed by atoms with Gasteiger partial charge in [0.05, 0.1) is 28.4 Å². The summed E-state index contributed by atoms with van der Waals surface area (Å²) >= 11 is 0. The second-order valence-electron chi connectivity index (χ2n) is 17.5. The summed E-state index contributed by atoms with van der Waals surface area (Å²) in [6, 6.07) is 5.19. The van der Waals surface area contributed by atoms with Crippen molar-refractivity contribution in [2.75, 3.05) is 46.6 Å². The van der Waals surface area contributed by atoms with Crippen LogP contribution in [-0.2, 0) is 22.3 Å². The van der Waals surface area contributed by atoms with Crippen molar-refractivity contribution in [2.24, 2.45) is 21.8 Å². The third-order valence-corrected chi connectivity index (χ3v) is 12.8. The molecule has 4 aromatic rings. The number of rotatable bonds is 11. The number of aryl methyl sites for hydroxylation is 1. The number of aromatic nitrogens is 4. The quantitative estimate of drug-likeness (QED) is 0.0826. The highest BCUT2D eigenvalue weighted by atomic mass is 19.4. The third-order valence-electron chi connectivity index (χ3n) is 12.8. The number of piperidine rings is 2. The van der Waals surface area contributed by atoms with Gasteiger partial charge in [0.1, 0.15) is 29.7 Å². The van der Waals surface area contributed by atoms with Crippen LogP contribution in [-0.4, -0.2) is 81.8 Å². The number of urea groups is 2. The summed E-state index contributed by atoms with van der Waals surface area (Å²) in [5.74, 6) is -0.714. The van der Waals surface area contributed by atoms with E-state index in [2.05, 4.69) is 52.7 Å². The molecule has 2 saturated heterocycles. The van der Waals surface area contributed by atoms with Crippen LogP contribution >= 0.6 is 0 Å². The van der Waals surface area contributed by atoms with Crippen LogP contribution in [0.1, 0.15) is 118 Å². The minimum absolute atomic E-state index is 0.105. The van der Waals surface area contributed by atoms with Crippen LogP contribution in [0.5, 0.6) is 0 Å². The molecule has 0 radical (unpaired) electrons. The largest absolute Gasteiger partial charge is 0.419 e. The topological polar surface area (TPSA) is 211 Å². The Morgan fingerprint density at radius 2 is 1.12 bits per heavy atom. The molecule has 6 N–H and O–H groups in total. The summed E-state index contributed by atoms with van der Waals surface area (Å²) < 4.78 is 81.0. The van der Waals surface area contributed by atoms with Crippen molar-refractivity contribution in [3.8, 4) is 0 Å². The fourth-order valence-corrected chi connectivity index (χ4v) is 8.80. The van der Waals surface area contributed by atoms with Crippen LogP contribution in [0.3, 0.4) is 0 Å². The summed E-state index contributed by atoms with van der Waals surface area (Å²) in [7, 11) is 0. The first-order valence-electron chi connectivity index (χ1n) is 23.2.